The van der Waals surface area contributed by atoms with Crippen LogP contribution in [0.4, 0.5) is 0 Å². The summed E-state index contributed by atoms with van der Waals surface area (Å²) in [5, 5.41) is 9.73. The second-order valence-corrected chi connectivity index (χ2v) is 6.60. The molecule has 2 N–H and O–H groups in total. The molecule has 0 atom stereocenters. The normalized spacial score (nSPS) is 14.7. The van der Waals surface area contributed by atoms with Gasteiger partial charge in [-0.3, -0.25) is 9.78 Å². The van der Waals surface area contributed by atoms with Crippen LogP contribution in [0.25, 0.3) is 10.2 Å². The summed E-state index contributed by atoms with van der Waals surface area (Å²) < 4.78 is 0.809. The molecule has 106 valence electrons. The lowest BCUT2D eigenvalue weighted by atomic mass is 10.1. The molecule has 2 aromatic rings. The maximum Gasteiger partial charge on any atom is 0.330 e. The Labute approximate surface area is 117 Å². The van der Waals surface area contributed by atoms with Gasteiger partial charge in [0, 0.05) is 4.88 Å². The summed E-state index contributed by atoms with van der Waals surface area (Å²) in [6.45, 7) is 2.70. The number of rotatable bonds is 2. The number of H-pyrrole nitrogens is 1. The van der Waals surface area contributed by atoms with Gasteiger partial charge < -0.3 is 5.11 Å². The number of nitrogens with one attached hydrogen (secondary N) is 1. The van der Waals surface area contributed by atoms with Crippen LogP contribution < -0.4 is 11.2 Å². The number of carboxylic acid groups (broad SMARTS) is 1. The Hall–Kier alpha value is -1.89. The summed E-state index contributed by atoms with van der Waals surface area (Å²) in [6.07, 6.45) is 2.72. The zero-order valence-corrected chi connectivity index (χ0v) is 12.0. The zero-order valence-electron chi connectivity index (χ0n) is 11.1. The third-order valence-corrected chi connectivity index (χ3v) is 5.05. The molecule has 0 bridgehead atoms. The first-order valence-corrected chi connectivity index (χ1v) is 7.19. The summed E-state index contributed by atoms with van der Waals surface area (Å²) >= 11 is 1.43. The van der Waals surface area contributed by atoms with E-state index in [1.54, 1.807) is 0 Å². The molecule has 2 heterocycles. The molecule has 0 aromatic carbocycles. The SMILES string of the molecule is CC(C)(C(=O)O)n1c(=O)[nH]c2sc3c(c2c1=O)CCC3. The van der Waals surface area contributed by atoms with Crippen molar-refractivity contribution in [3.05, 3.63) is 31.3 Å². The Morgan fingerprint density at radius 3 is 2.70 bits per heavy atom. The van der Waals surface area contributed by atoms with Crippen molar-refractivity contribution >= 4 is 27.5 Å². The number of carboxylic acids is 1. The van der Waals surface area contributed by atoms with Crippen LogP contribution in [0.5, 0.6) is 0 Å². The number of hydrogen-bond acceptors (Lipinski definition) is 4. The van der Waals surface area contributed by atoms with Crippen LogP contribution in [0, 0.1) is 0 Å². The number of fused-ring (bicyclic) bond motifs is 3. The number of aryl methyl sites for hydroxylation is 2. The van der Waals surface area contributed by atoms with E-state index in [2.05, 4.69) is 4.98 Å². The van der Waals surface area contributed by atoms with Gasteiger partial charge in [0.1, 0.15) is 10.4 Å². The van der Waals surface area contributed by atoms with E-state index in [4.69, 9.17) is 0 Å². The number of hydrogen-bond donors (Lipinski definition) is 2. The third kappa shape index (κ3) is 1.59. The van der Waals surface area contributed by atoms with Gasteiger partial charge in [0.25, 0.3) is 5.56 Å². The van der Waals surface area contributed by atoms with Crippen molar-refractivity contribution in [2.75, 3.05) is 0 Å². The number of carbonyl (C=O) groups is 1. The monoisotopic (exact) mass is 294 g/mol. The van der Waals surface area contributed by atoms with E-state index in [1.807, 2.05) is 0 Å². The topological polar surface area (TPSA) is 92.2 Å². The van der Waals surface area contributed by atoms with Crippen LogP contribution >= 0.6 is 11.3 Å². The van der Waals surface area contributed by atoms with E-state index in [1.165, 1.54) is 25.2 Å². The average Bonchev–Trinajstić information content (AvgIpc) is 2.87. The molecule has 0 unspecified atom stereocenters. The molecule has 0 spiro atoms. The molecule has 0 saturated carbocycles. The molecule has 0 fully saturated rings. The van der Waals surface area contributed by atoms with Gasteiger partial charge in [-0.05, 0) is 38.7 Å². The smallest absolute Gasteiger partial charge is 0.330 e. The highest BCUT2D eigenvalue weighted by Gasteiger charge is 2.34. The van der Waals surface area contributed by atoms with Gasteiger partial charge >= 0.3 is 11.7 Å². The van der Waals surface area contributed by atoms with Crippen molar-refractivity contribution in [1.82, 2.24) is 9.55 Å². The molecule has 3 rings (SSSR count). The number of nitrogens with zero attached hydrogens (tertiary/aromatic N) is 1. The Balaban J connectivity index is 2.43. The number of thiophene rings is 1. The van der Waals surface area contributed by atoms with E-state index in [0.717, 1.165) is 34.3 Å². The van der Waals surface area contributed by atoms with Gasteiger partial charge in [-0.15, -0.1) is 11.3 Å². The van der Waals surface area contributed by atoms with Gasteiger partial charge in [-0.25, -0.2) is 14.2 Å². The molecular formula is C13H14N2O4S. The minimum Gasteiger partial charge on any atom is -0.480 e. The zero-order chi connectivity index (χ0) is 14.7. The number of aromatic amines is 1. The Morgan fingerprint density at radius 2 is 2.05 bits per heavy atom. The van der Waals surface area contributed by atoms with Crippen LogP contribution in [0.2, 0.25) is 0 Å². The van der Waals surface area contributed by atoms with Crippen molar-refractivity contribution in [1.29, 1.82) is 0 Å². The fraction of sp³-hybridized carbons (Fsp3) is 0.462. The Morgan fingerprint density at radius 1 is 1.35 bits per heavy atom. The van der Waals surface area contributed by atoms with E-state index < -0.39 is 22.8 Å². The molecule has 0 amide bonds. The highest BCUT2D eigenvalue weighted by atomic mass is 32.1. The summed E-state index contributed by atoms with van der Waals surface area (Å²) in [7, 11) is 0. The lowest BCUT2D eigenvalue weighted by Crippen LogP contribution is -2.50. The quantitative estimate of drug-likeness (QED) is 0.866. The Bertz CT molecular complexity index is 840. The summed E-state index contributed by atoms with van der Waals surface area (Å²) in [5.41, 5.74) is -1.78. The van der Waals surface area contributed by atoms with E-state index in [-0.39, 0.29) is 0 Å². The second kappa shape index (κ2) is 4.05. The predicted molar refractivity (Wildman–Crippen MR) is 75.7 cm³/mol. The van der Waals surface area contributed by atoms with Crippen LogP contribution in [0.15, 0.2) is 9.59 Å². The summed E-state index contributed by atoms with van der Waals surface area (Å²) in [4.78, 5) is 40.3. The summed E-state index contributed by atoms with van der Waals surface area (Å²) in [5.74, 6) is -1.21. The first kappa shape index (κ1) is 13.1. The molecule has 0 saturated heterocycles. The number of aliphatic carboxylic acids is 1. The second-order valence-electron chi connectivity index (χ2n) is 5.50. The maximum atomic E-state index is 12.6. The van der Waals surface area contributed by atoms with Crippen molar-refractivity contribution < 1.29 is 9.90 Å². The first-order chi connectivity index (χ1) is 9.34. The van der Waals surface area contributed by atoms with Gasteiger partial charge in [0.05, 0.1) is 5.39 Å². The lowest BCUT2D eigenvalue weighted by molar-refractivity contribution is -0.146. The van der Waals surface area contributed by atoms with E-state index in [0.29, 0.717) is 10.2 Å². The molecule has 7 heteroatoms. The van der Waals surface area contributed by atoms with Crippen molar-refractivity contribution in [2.45, 2.75) is 38.6 Å². The lowest BCUT2D eigenvalue weighted by Gasteiger charge is -2.21. The number of aromatic nitrogens is 2. The molecule has 1 aliphatic carbocycles. The van der Waals surface area contributed by atoms with E-state index >= 15 is 0 Å². The van der Waals surface area contributed by atoms with Gasteiger partial charge in [-0.1, -0.05) is 0 Å². The van der Waals surface area contributed by atoms with Crippen molar-refractivity contribution in [3.8, 4) is 0 Å². The maximum absolute atomic E-state index is 12.6. The average molecular weight is 294 g/mol. The minimum atomic E-state index is -1.58. The van der Waals surface area contributed by atoms with Crippen LogP contribution in [0.3, 0.4) is 0 Å². The molecule has 2 aromatic heterocycles. The van der Waals surface area contributed by atoms with Crippen molar-refractivity contribution in [2.24, 2.45) is 0 Å². The molecule has 6 nitrogen and oxygen atoms in total. The van der Waals surface area contributed by atoms with Crippen LogP contribution in [-0.4, -0.2) is 20.6 Å². The van der Waals surface area contributed by atoms with Crippen molar-refractivity contribution in [3.63, 3.8) is 0 Å². The molecule has 20 heavy (non-hydrogen) atoms. The Kier molecular flexibility index (Phi) is 2.66. The predicted octanol–water partition coefficient (Wildman–Crippen LogP) is 1.06. The highest BCUT2D eigenvalue weighted by Crippen LogP contribution is 2.34. The fourth-order valence-electron chi connectivity index (χ4n) is 2.68. The van der Waals surface area contributed by atoms with E-state index in [9.17, 15) is 19.5 Å². The van der Waals surface area contributed by atoms with Gasteiger partial charge in [0.2, 0.25) is 0 Å². The molecule has 0 aliphatic heterocycles. The largest absolute Gasteiger partial charge is 0.480 e. The summed E-state index contributed by atoms with van der Waals surface area (Å²) in [6, 6.07) is 0. The molecule has 1 aliphatic rings. The van der Waals surface area contributed by atoms with Gasteiger partial charge in [0.15, 0.2) is 0 Å². The third-order valence-electron chi connectivity index (χ3n) is 3.84. The highest BCUT2D eigenvalue weighted by molar-refractivity contribution is 7.18. The minimum absolute atomic E-state index is 0.483. The fourth-order valence-corrected chi connectivity index (χ4v) is 3.95. The van der Waals surface area contributed by atoms with Crippen LogP contribution in [-0.2, 0) is 23.2 Å². The first-order valence-electron chi connectivity index (χ1n) is 6.37. The molecular weight excluding hydrogens is 280 g/mol. The molecule has 0 radical (unpaired) electrons. The van der Waals surface area contributed by atoms with Crippen LogP contribution in [0.1, 0.15) is 30.7 Å². The standard InChI is InChI=1S/C13H14N2O4S/c1-13(2,11(17)18)15-10(16)8-6-4-3-5-7(6)20-9(8)14-12(15)19/h3-5H2,1-2H3,(H,14,19)(H,17,18). The van der Waals surface area contributed by atoms with Gasteiger partial charge in [-0.2, -0.15) is 0 Å².